The van der Waals surface area contributed by atoms with Crippen molar-refractivity contribution in [1.29, 1.82) is 0 Å². The Hall–Kier alpha value is -0.570. The summed E-state index contributed by atoms with van der Waals surface area (Å²) in [6.45, 7) is 7.08. The largest absolute Gasteiger partial charge is 0.469 e. The minimum Gasteiger partial charge on any atom is -0.469 e. The van der Waals surface area contributed by atoms with Gasteiger partial charge in [0.2, 0.25) is 0 Å². The number of carbonyl (C=O) groups excluding carboxylic acids is 1. The first-order valence-corrected chi connectivity index (χ1v) is 10.1. The first kappa shape index (κ1) is 15.7. The molecule has 5 fully saturated rings. The maximum atomic E-state index is 12.7. The van der Waals surface area contributed by atoms with E-state index >= 15 is 0 Å². The number of rotatable bonds is 1. The molecule has 3 nitrogen and oxygen atoms in total. The van der Waals surface area contributed by atoms with E-state index in [2.05, 4.69) is 20.8 Å². The molecule has 2 bridgehead atoms. The van der Waals surface area contributed by atoms with Gasteiger partial charge in [-0.05, 0) is 82.0 Å². The Bertz CT molecular complexity index is 602. The molecule has 0 unspecified atom stereocenters. The molecule has 1 spiro atoms. The maximum Gasteiger partial charge on any atom is 0.311 e. The average Bonchev–Trinajstić information content (AvgIpc) is 3.23. The molecule has 3 heteroatoms. The number of hydrogen-bond donors (Lipinski definition) is 0. The predicted octanol–water partition coefficient (Wildman–Crippen LogP) is 4.34. The summed E-state index contributed by atoms with van der Waals surface area (Å²) >= 11 is 0. The molecule has 1 aliphatic heterocycles. The van der Waals surface area contributed by atoms with Crippen LogP contribution in [0.15, 0.2) is 0 Å². The van der Waals surface area contributed by atoms with Gasteiger partial charge in [0.15, 0.2) is 0 Å². The van der Waals surface area contributed by atoms with Gasteiger partial charge in [-0.2, -0.15) is 0 Å². The fourth-order valence-electron chi connectivity index (χ4n) is 8.62. The second-order valence-electron chi connectivity index (χ2n) is 10.3. The molecule has 5 rings (SSSR count). The number of methoxy groups -OCH3 is 1. The topological polar surface area (TPSA) is 38.8 Å². The van der Waals surface area contributed by atoms with Crippen LogP contribution in [0, 0.1) is 34.0 Å². The van der Waals surface area contributed by atoms with Crippen LogP contribution in [0.25, 0.3) is 0 Å². The van der Waals surface area contributed by atoms with Gasteiger partial charge in [0, 0.05) is 5.41 Å². The van der Waals surface area contributed by atoms with Crippen molar-refractivity contribution >= 4 is 5.97 Å². The summed E-state index contributed by atoms with van der Waals surface area (Å²) in [4.78, 5) is 12.7. The smallest absolute Gasteiger partial charge is 0.311 e. The molecule has 24 heavy (non-hydrogen) atoms. The third-order valence-corrected chi connectivity index (χ3v) is 9.62. The van der Waals surface area contributed by atoms with Gasteiger partial charge < -0.3 is 9.47 Å². The molecule has 0 N–H and O–H groups in total. The molecule has 4 aliphatic carbocycles. The zero-order valence-electron chi connectivity index (χ0n) is 15.7. The van der Waals surface area contributed by atoms with Crippen molar-refractivity contribution < 1.29 is 14.3 Å². The van der Waals surface area contributed by atoms with Crippen LogP contribution in [0.5, 0.6) is 0 Å². The van der Waals surface area contributed by atoms with Gasteiger partial charge in [-0.3, -0.25) is 4.79 Å². The Morgan fingerprint density at radius 2 is 1.83 bits per heavy atom. The highest BCUT2D eigenvalue weighted by atomic mass is 16.6. The van der Waals surface area contributed by atoms with Crippen LogP contribution in [-0.2, 0) is 14.3 Å². The third-order valence-electron chi connectivity index (χ3n) is 9.62. The summed E-state index contributed by atoms with van der Waals surface area (Å²) in [5.74, 6) is 2.03. The molecule has 0 aromatic rings. The van der Waals surface area contributed by atoms with Crippen molar-refractivity contribution in [3.63, 3.8) is 0 Å². The predicted molar refractivity (Wildman–Crippen MR) is 91.3 cm³/mol. The molecular weight excluding hydrogens is 300 g/mol. The Kier molecular flexibility index (Phi) is 2.87. The normalized spacial score (nSPS) is 60.7. The van der Waals surface area contributed by atoms with Gasteiger partial charge in [0.25, 0.3) is 0 Å². The van der Waals surface area contributed by atoms with E-state index in [1.165, 1.54) is 38.5 Å². The van der Waals surface area contributed by atoms with Crippen molar-refractivity contribution in [2.75, 3.05) is 7.11 Å². The van der Waals surface area contributed by atoms with Crippen molar-refractivity contribution in [2.24, 2.45) is 34.0 Å². The Morgan fingerprint density at radius 3 is 2.58 bits per heavy atom. The van der Waals surface area contributed by atoms with Crippen LogP contribution in [0.3, 0.4) is 0 Å². The fraction of sp³-hybridized carbons (Fsp3) is 0.952. The maximum absolute atomic E-state index is 12.7. The lowest BCUT2D eigenvalue weighted by atomic mass is 9.40. The number of hydrogen-bond acceptors (Lipinski definition) is 3. The van der Waals surface area contributed by atoms with Gasteiger partial charge in [-0.1, -0.05) is 13.3 Å². The Labute approximate surface area is 145 Å². The van der Waals surface area contributed by atoms with E-state index in [1.807, 2.05) is 0 Å². The Balaban J connectivity index is 1.56. The molecule has 1 heterocycles. The number of carbonyl (C=O) groups is 1. The van der Waals surface area contributed by atoms with Gasteiger partial charge >= 0.3 is 5.97 Å². The molecule has 1 saturated heterocycles. The van der Waals surface area contributed by atoms with Crippen molar-refractivity contribution in [2.45, 2.75) is 83.8 Å². The first-order valence-electron chi connectivity index (χ1n) is 10.1. The minimum atomic E-state index is -0.285. The summed E-state index contributed by atoms with van der Waals surface area (Å²) in [5.41, 5.74) is 0.601. The Morgan fingerprint density at radius 1 is 1.04 bits per heavy atom. The second kappa shape index (κ2) is 4.39. The monoisotopic (exact) mass is 332 g/mol. The average molecular weight is 332 g/mol. The van der Waals surface area contributed by atoms with Crippen molar-refractivity contribution in [3.05, 3.63) is 0 Å². The van der Waals surface area contributed by atoms with E-state index in [0.717, 1.165) is 24.7 Å². The summed E-state index contributed by atoms with van der Waals surface area (Å²) in [6.07, 6.45) is 10.5. The highest BCUT2D eigenvalue weighted by Crippen LogP contribution is 2.78. The van der Waals surface area contributed by atoms with Crippen LogP contribution in [0.2, 0.25) is 0 Å². The lowest BCUT2D eigenvalue weighted by Gasteiger charge is -2.63. The van der Waals surface area contributed by atoms with Gasteiger partial charge in [0.1, 0.15) is 0 Å². The van der Waals surface area contributed by atoms with Crippen molar-refractivity contribution in [1.82, 2.24) is 0 Å². The lowest BCUT2D eigenvalue weighted by molar-refractivity contribution is -0.189. The van der Waals surface area contributed by atoms with Crippen LogP contribution >= 0.6 is 0 Å². The standard InChI is InChI=1S/C21H32O3/c1-18-9-5-10-19(2,17(22)23-4)14(18)8-11-21-12-13(6-7-15(18)21)20(3)16(21)24-20/h13-16H,5-12H2,1-4H3/t13-,14-,15-,16-,18+,19+,20-,21+/m0/s1. The second-order valence-corrected chi connectivity index (χ2v) is 10.3. The fourth-order valence-corrected chi connectivity index (χ4v) is 8.62. The van der Waals surface area contributed by atoms with E-state index in [0.29, 0.717) is 17.4 Å². The summed E-state index contributed by atoms with van der Waals surface area (Å²) in [7, 11) is 1.56. The van der Waals surface area contributed by atoms with Crippen LogP contribution in [0.1, 0.15) is 72.1 Å². The van der Waals surface area contributed by atoms with Crippen LogP contribution < -0.4 is 0 Å². The minimum absolute atomic E-state index is 0.0296. The number of epoxide rings is 1. The number of fused-ring (bicyclic) bond motifs is 5. The van der Waals surface area contributed by atoms with Crippen LogP contribution in [-0.4, -0.2) is 24.8 Å². The highest BCUT2D eigenvalue weighted by Gasteiger charge is 2.79. The molecule has 0 radical (unpaired) electrons. The van der Waals surface area contributed by atoms with Crippen molar-refractivity contribution in [3.8, 4) is 0 Å². The molecule has 5 aliphatic rings. The lowest BCUT2D eigenvalue weighted by Crippen LogP contribution is -2.59. The molecule has 0 aromatic carbocycles. The molecule has 4 saturated carbocycles. The van der Waals surface area contributed by atoms with E-state index in [9.17, 15) is 4.79 Å². The molecule has 8 atom stereocenters. The number of ether oxygens (including phenoxy) is 2. The molecular formula is C21H32O3. The number of esters is 1. The first-order chi connectivity index (χ1) is 11.3. The van der Waals surface area contributed by atoms with Crippen LogP contribution in [0.4, 0.5) is 0 Å². The SMILES string of the molecule is COC(=O)[C@]1(C)CCC[C@@]2(C)[C@@H]3CC[C@H]4C[C@@]3(CC[C@@H]21)[C@H]1O[C@@]41C. The third kappa shape index (κ3) is 1.53. The highest BCUT2D eigenvalue weighted by molar-refractivity contribution is 5.77. The zero-order chi connectivity index (χ0) is 17.0. The molecule has 0 aromatic heterocycles. The van der Waals surface area contributed by atoms with E-state index in [1.54, 1.807) is 7.11 Å². The quantitative estimate of drug-likeness (QED) is 0.529. The molecule has 134 valence electrons. The summed E-state index contributed by atoms with van der Waals surface area (Å²) in [5, 5.41) is 0. The van der Waals surface area contributed by atoms with E-state index in [-0.39, 0.29) is 22.4 Å². The molecule has 0 amide bonds. The van der Waals surface area contributed by atoms with E-state index < -0.39 is 0 Å². The summed E-state index contributed by atoms with van der Waals surface area (Å²) in [6, 6.07) is 0. The summed E-state index contributed by atoms with van der Waals surface area (Å²) < 4.78 is 11.6. The van der Waals surface area contributed by atoms with Gasteiger partial charge in [-0.15, -0.1) is 0 Å². The zero-order valence-corrected chi connectivity index (χ0v) is 15.7. The van der Waals surface area contributed by atoms with E-state index in [4.69, 9.17) is 9.47 Å². The van der Waals surface area contributed by atoms with Gasteiger partial charge in [-0.25, -0.2) is 0 Å². The van der Waals surface area contributed by atoms with Gasteiger partial charge in [0.05, 0.1) is 24.2 Å².